The second-order valence-electron chi connectivity index (χ2n) is 28.9. The Bertz CT molecular complexity index is 2730. The lowest BCUT2D eigenvalue weighted by atomic mass is 9.57. The van der Waals surface area contributed by atoms with Crippen LogP contribution in [0.3, 0.4) is 0 Å². The molecule has 0 radical (unpaired) electrons. The van der Waals surface area contributed by atoms with Gasteiger partial charge in [-0.05, 0) is 139 Å². The Morgan fingerprint density at radius 1 is 0.309 bits per heavy atom. The fourth-order valence-electron chi connectivity index (χ4n) is 10.6. The van der Waals surface area contributed by atoms with Crippen molar-refractivity contribution in [3.63, 3.8) is 0 Å². The quantitative estimate of drug-likeness (QED) is 0.154. The summed E-state index contributed by atoms with van der Waals surface area (Å²) >= 11 is 0. The molecule has 364 valence electrons. The minimum Gasteiger partial charge on any atom is -0.0825 e. The van der Waals surface area contributed by atoms with Crippen molar-refractivity contribution in [2.75, 3.05) is 0 Å². The van der Waals surface area contributed by atoms with E-state index in [1.54, 1.807) is 0 Å². The van der Waals surface area contributed by atoms with Crippen molar-refractivity contribution in [2.45, 2.75) is 221 Å². The van der Waals surface area contributed by atoms with Gasteiger partial charge in [-0.25, -0.2) is 0 Å². The first-order valence-corrected chi connectivity index (χ1v) is 25.9. The minimum atomic E-state index is -0.706. The predicted molar refractivity (Wildman–Crippen MR) is 302 cm³/mol. The molecule has 0 spiro atoms. The molecule has 1 aliphatic carbocycles. The van der Waals surface area contributed by atoms with Crippen LogP contribution in [0.5, 0.6) is 0 Å². The molecule has 0 amide bonds. The molecule has 0 saturated carbocycles. The fraction of sp³-hybridized carbons (Fsp3) is 0.500. The highest BCUT2D eigenvalue weighted by Crippen LogP contribution is 2.59. The molecular weight excluding hydrogens is 817 g/mol. The van der Waals surface area contributed by atoms with Gasteiger partial charge in [0.05, 0.1) is 5.41 Å². The summed E-state index contributed by atoms with van der Waals surface area (Å²) in [5.41, 5.74) is 20.6. The zero-order chi connectivity index (χ0) is 51.2. The van der Waals surface area contributed by atoms with Gasteiger partial charge in [0.15, 0.2) is 0 Å². The summed E-state index contributed by atoms with van der Waals surface area (Å²) in [4.78, 5) is 0. The second-order valence-corrected chi connectivity index (χ2v) is 28.9. The highest BCUT2D eigenvalue weighted by atomic mass is 14.5. The highest BCUT2D eigenvalue weighted by molar-refractivity contribution is 6.03. The lowest BCUT2D eigenvalue weighted by Gasteiger charge is -2.45. The van der Waals surface area contributed by atoms with E-state index >= 15 is 0 Å². The summed E-state index contributed by atoms with van der Waals surface area (Å²) in [5.74, 6) is 0. The molecule has 68 heavy (non-hydrogen) atoms. The molecule has 6 rings (SSSR count). The third kappa shape index (κ3) is 10.4. The summed E-state index contributed by atoms with van der Waals surface area (Å²) in [6.45, 7) is 57.2. The van der Waals surface area contributed by atoms with Gasteiger partial charge in [0.25, 0.3) is 0 Å². The van der Waals surface area contributed by atoms with Crippen LogP contribution >= 0.6 is 0 Å². The van der Waals surface area contributed by atoms with Crippen molar-refractivity contribution in [1.29, 1.82) is 0 Å². The van der Waals surface area contributed by atoms with Crippen molar-refractivity contribution < 1.29 is 0 Å². The van der Waals surface area contributed by atoms with Gasteiger partial charge in [0.2, 0.25) is 0 Å². The maximum atomic E-state index is 2.65. The molecule has 1 atom stereocenters. The standard InChI is InChI=1S/C68H92/c1-60(2,3)44-31-35-49(55(40-44)64(13,14)15)48-28-25-26-30-53(48)68(54-38-34-47(63(10,11)12)43-58(54)67(22,23)24)39-27-29-51(50-36-32-45(61(4,5)6)41-56(50)65(16,17)18)59(68)52-37-33-46(62(7,8)9)42-57(52)66(19,20)21/h25-28,30-43H,29H2,1-24H3. The van der Waals surface area contributed by atoms with Crippen molar-refractivity contribution in [1.82, 2.24) is 0 Å². The fourth-order valence-corrected chi connectivity index (χ4v) is 10.6. The first kappa shape index (κ1) is 52.9. The first-order valence-electron chi connectivity index (χ1n) is 25.9. The summed E-state index contributed by atoms with van der Waals surface area (Å²) in [5, 5.41) is 0. The zero-order valence-corrected chi connectivity index (χ0v) is 47.6. The lowest BCUT2D eigenvalue weighted by molar-refractivity contribution is 0.556. The zero-order valence-electron chi connectivity index (χ0n) is 47.6. The Hall–Kier alpha value is -4.42. The third-order valence-corrected chi connectivity index (χ3v) is 14.8. The summed E-state index contributed by atoms with van der Waals surface area (Å²) in [6, 6.07) is 39.5. The second kappa shape index (κ2) is 17.5. The van der Waals surface area contributed by atoms with Crippen LogP contribution in [0.25, 0.3) is 22.3 Å². The molecule has 1 unspecified atom stereocenters. The van der Waals surface area contributed by atoms with Crippen LogP contribution in [0.4, 0.5) is 0 Å². The van der Waals surface area contributed by atoms with E-state index in [0.29, 0.717) is 0 Å². The van der Waals surface area contributed by atoms with Crippen LogP contribution in [0, 0.1) is 0 Å². The van der Waals surface area contributed by atoms with Crippen LogP contribution < -0.4 is 0 Å². The van der Waals surface area contributed by atoms with E-state index in [1.165, 1.54) is 89.0 Å². The average molecular weight is 909 g/mol. The van der Waals surface area contributed by atoms with E-state index in [0.717, 1.165) is 6.42 Å². The summed E-state index contributed by atoms with van der Waals surface area (Å²) in [6.07, 6.45) is 6.02. The Morgan fingerprint density at radius 2 is 0.662 bits per heavy atom. The maximum absolute atomic E-state index is 2.65. The SMILES string of the molecule is CC(C)(C)c1ccc(C2=C(c3ccc(C(C)(C)C)cc3C(C)(C)C)C(c3ccccc3-c3ccc(C(C)(C)C)cc3C(C)(C)C)(c3ccc(C(C)(C)C)cc3C(C)(C)C)C=CC2)c(C(C)(C)C)c1. The summed E-state index contributed by atoms with van der Waals surface area (Å²) < 4.78 is 0. The van der Waals surface area contributed by atoms with E-state index in [2.05, 4.69) is 275 Å². The van der Waals surface area contributed by atoms with Gasteiger partial charge in [0, 0.05) is 0 Å². The molecule has 5 aromatic rings. The molecule has 0 heterocycles. The normalized spacial score (nSPS) is 17.0. The summed E-state index contributed by atoms with van der Waals surface area (Å²) in [7, 11) is 0. The van der Waals surface area contributed by atoms with Gasteiger partial charge < -0.3 is 0 Å². The lowest BCUT2D eigenvalue weighted by Crippen LogP contribution is -2.35. The van der Waals surface area contributed by atoms with Crippen molar-refractivity contribution in [3.8, 4) is 11.1 Å². The molecule has 0 N–H and O–H groups in total. The van der Waals surface area contributed by atoms with Crippen molar-refractivity contribution in [3.05, 3.63) is 176 Å². The van der Waals surface area contributed by atoms with Crippen LogP contribution in [0.2, 0.25) is 0 Å². The Balaban J connectivity index is 2.00. The molecule has 5 aromatic carbocycles. The van der Waals surface area contributed by atoms with Gasteiger partial charge in [-0.2, -0.15) is 0 Å². The molecule has 0 nitrogen and oxygen atoms in total. The van der Waals surface area contributed by atoms with Gasteiger partial charge >= 0.3 is 0 Å². The van der Waals surface area contributed by atoms with Gasteiger partial charge in [0.1, 0.15) is 0 Å². The minimum absolute atomic E-state index is 0.0107. The molecule has 0 aliphatic heterocycles. The van der Waals surface area contributed by atoms with E-state index in [-0.39, 0.29) is 43.3 Å². The largest absolute Gasteiger partial charge is 0.0825 e. The molecule has 0 aromatic heterocycles. The third-order valence-electron chi connectivity index (χ3n) is 14.8. The number of allylic oxidation sites excluding steroid dienone is 4. The van der Waals surface area contributed by atoms with E-state index < -0.39 is 5.41 Å². The maximum Gasteiger partial charge on any atom is 0.0650 e. The number of benzene rings is 5. The molecule has 0 bridgehead atoms. The van der Waals surface area contributed by atoms with Crippen LogP contribution in [0.15, 0.2) is 109 Å². The van der Waals surface area contributed by atoms with E-state index in [1.807, 2.05) is 0 Å². The van der Waals surface area contributed by atoms with Crippen LogP contribution in [-0.4, -0.2) is 0 Å². The monoisotopic (exact) mass is 909 g/mol. The molecule has 0 heteroatoms. The Kier molecular flexibility index (Phi) is 13.6. The molecular formula is C68H92. The Morgan fingerprint density at radius 3 is 1.09 bits per heavy atom. The van der Waals surface area contributed by atoms with Crippen molar-refractivity contribution in [2.24, 2.45) is 0 Å². The van der Waals surface area contributed by atoms with E-state index in [4.69, 9.17) is 0 Å². The first-order chi connectivity index (χ1) is 30.8. The number of hydrogen-bond donors (Lipinski definition) is 0. The van der Waals surface area contributed by atoms with Crippen molar-refractivity contribution >= 4 is 11.1 Å². The molecule has 1 aliphatic rings. The average Bonchev–Trinajstić information content (AvgIpc) is 3.20. The molecule has 0 fully saturated rings. The smallest absolute Gasteiger partial charge is 0.0650 e. The van der Waals surface area contributed by atoms with Gasteiger partial charge in [-0.1, -0.05) is 275 Å². The van der Waals surface area contributed by atoms with Crippen LogP contribution in [-0.2, 0) is 48.7 Å². The Labute approximate surface area is 417 Å². The molecule has 0 saturated heterocycles. The number of hydrogen-bond acceptors (Lipinski definition) is 0. The predicted octanol–water partition coefficient (Wildman–Crippen LogP) is 19.6. The van der Waals surface area contributed by atoms with Crippen LogP contribution in [0.1, 0.15) is 239 Å². The van der Waals surface area contributed by atoms with Gasteiger partial charge in [-0.15, -0.1) is 0 Å². The van der Waals surface area contributed by atoms with E-state index in [9.17, 15) is 0 Å². The highest BCUT2D eigenvalue weighted by Gasteiger charge is 2.47. The number of rotatable bonds is 5. The topological polar surface area (TPSA) is 0 Å². The van der Waals surface area contributed by atoms with Gasteiger partial charge in [-0.3, -0.25) is 0 Å².